The zero-order chi connectivity index (χ0) is 17.9. The Bertz CT molecular complexity index is 263. The number of esters is 1. The van der Waals surface area contributed by atoms with Gasteiger partial charge in [0, 0.05) is 6.42 Å². The first-order valence-corrected chi connectivity index (χ1v) is 10.9. The number of ether oxygens (including phenoxy) is 1. The van der Waals surface area contributed by atoms with Gasteiger partial charge in [-0.25, -0.2) is 0 Å². The average Bonchev–Trinajstić information content (AvgIpc) is 2.59. The first-order chi connectivity index (χ1) is 11.7. The van der Waals surface area contributed by atoms with Crippen LogP contribution in [-0.2, 0) is 9.53 Å². The second-order valence-corrected chi connectivity index (χ2v) is 7.41. The summed E-state index contributed by atoms with van der Waals surface area (Å²) < 4.78 is 5.56. The van der Waals surface area contributed by atoms with E-state index >= 15 is 0 Å². The lowest BCUT2D eigenvalue weighted by Crippen LogP contribution is -2.14. The molecular weight excluding hydrogens is 296 g/mol. The average molecular weight is 341 g/mol. The maximum absolute atomic E-state index is 11.9. The molecule has 0 aliphatic heterocycles. The zero-order valence-electron chi connectivity index (χ0n) is 16.9. The zero-order valence-corrected chi connectivity index (χ0v) is 16.9. The van der Waals surface area contributed by atoms with Gasteiger partial charge in [-0.3, -0.25) is 4.79 Å². The summed E-state index contributed by atoms with van der Waals surface area (Å²) in [5.41, 5.74) is 0. The molecule has 144 valence electrons. The summed E-state index contributed by atoms with van der Waals surface area (Å²) in [6, 6.07) is 0. The van der Waals surface area contributed by atoms with Gasteiger partial charge < -0.3 is 4.74 Å². The van der Waals surface area contributed by atoms with E-state index in [9.17, 15) is 4.79 Å². The molecule has 0 saturated heterocycles. The van der Waals surface area contributed by atoms with Crippen molar-refractivity contribution in [2.24, 2.45) is 5.92 Å². The number of hydrogen-bond donors (Lipinski definition) is 0. The monoisotopic (exact) mass is 340 g/mol. The molecule has 1 unspecified atom stereocenters. The second-order valence-electron chi connectivity index (χ2n) is 7.41. The Hall–Kier alpha value is -0.530. The van der Waals surface area contributed by atoms with Crippen molar-refractivity contribution in [1.82, 2.24) is 0 Å². The Kier molecular flexibility index (Phi) is 18.4. The highest BCUT2D eigenvalue weighted by molar-refractivity contribution is 5.69. The number of carbonyl (C=O) groups is 1. The van der Waals surface area contributed by atoms with E-state index in [1.165, 1.54) is 89.9 Å². The van der Waals surface area contributed by atoms with E-state index in [1.807, 2.05) is 0 Å². The maximum atomic E-state index is 11.9. The lowest BCUT2D eigenvalue weighted by Gasteiger charge is -2.17. The van der Waals surface area contributed by atoms with Crippen LogP contribution >= 0.6 is 0 Å². The van der Waals surface area contributed by atoms with Crippen LogP contribution in [0.4, 0.5) is 0 Å². The summed E-state index contributed by atoms with van der Waals surface area (Å²) >= 11 is 0. The van der Waals surface area contributed by atoms with Crippen molar-refractivity contribution in [3.05, 3.63) is 0 Å². The van der Waals surface area contributed by atoms with Gasteiger partial charge in [0.1, 0.15) is 0 Å². The number of hydrogen-bond acceptors (Lipinski definition) is 2. The molecule has 0 N–H and O–H groups in total. The third kappa shape index (κ3) is 16.3. The van der Waals surface area contributed by atoms with E-state index in [1.54, 1.807) is 0 Å². The van der Waals surface area contributed by atoms with Gasteiger partial charge in [-0.2, -0.15) is 0 Å². The van der Waals surface area contributed by atoms with Crippen molar-refractivity contribution >= 4 is 5.97 Å². The molecule has 1 atom stereocenters. The summed E-state index contributed by atoms with van der Waals surface area (Å²) in [4.78, 5) is 11.9. The van der Waals surface area contributed by atoms with Crippen LogP contribution in [0.3, 0.4) is 0 Å². The van der Waals surface area contributed by atoms with Crippen molar-refractivity contribution < 1.29 is 9.53 Å². The lowest BCUT2D eigenvalue weighted by atomic mass is 9.96. The van der Waals surface area contributed by atoms with E-state index < -0.39 is 0 Å². The van der Waals surface area contributed by atoms with E-state index in [4.69, 9.17) is 4.74 Å². The normalized spacial score (nSPS) is 12.3. The van der Waals surface area contributed by atoms with Gasteiger partial charge in [0.05, 0.1) is 6.61 Å². The number of unbranched alkanes of at least 4 members (excludes halogenated alkanes) is 10. The van der Waals surface area contributed by atoms with E-state index in [0.29, 0.717) is 18.9 Å². The summed E-state index contributed by atoms with van der Waals surface area (Å²) in [7, 11) is 0. The van der Waals surface area contributed by atoms with Crippen LogP contribution in [0.15, 0.2) is 0 Å². The topological polar surface area (TPSA) is 26.3 Å². The Morgan fingerprint density at radius 2 is 1.17 bits per heavy atom. The first kappa shape index (κ1) is 23.5. The Labute approximate surface area is 152 Å². The Balaban J connectivity index is 3.77. The molecule has 0 aromatic carbocycles. The summed E-state index contributed by atoms with van der Waals surface area (Å²) in [6.45, 7) is 7.38. The van der Waals surface area contributed by atoms with Crippen molar-refractivity contribution in [1.29, 1.82) is 0 Å². The van der Waals surface area contributed by atoms with Gasteiger partial charge in [-0.15, -0.1) is 0 Å². The predicted molar refractivity (Wildman–Crippen MR) is 105 cm³/mol. The van der Waals surface area contributed by atoms with E-state index in [-0.39, 0.29) is 5.97 Å². The molecule has 0 amide bonds. The molecule has 0 aromatic heterocycles. The maximum Gasteiger partial charge on any atom is 0.305 e. The standard InChI is InChI=1S/C22H44O2/c1-4-7-10-12-14-15-18-21(17-9-6-3)20-24-22(23)19-16-13-11-8-5-2/h21H,4-20H2,1-3H3. The van der Waals surface area contributed by atoms with Gasteiger partial charge >= 0.3 is 5.97 Å². The molecule has 0 spiro atoms. The van der Waals surface area contributed by atoms with Crippen molar-refractivity contribution in [3.63, 3.8) is 0 Å². The fraction of sp³-hybridized carbons (Fsp3) is 0.955. The van der Waals surface area contributed by atoms with Crippen LogP contribution in [0, 0.1) is 5.92 Å². The molecule has 0 heterocycles. The quantitative estimate of drug-likeness (QED) is 0.191. The molecule has 0 rings (SSSR count). The number of rotatable bonds is 18. The molecular formula is C22H44O2. The Morgan fingerprint density at radius 3 is 1.79 bits per heavy atom. The molecule has 0 aliphatic rings. The smallest absolute Gasteiger partial charge is 0.305 e. The van der Waals surface area contributed by atoms with Gasteiger partial charge in [-0.1, -0.05) is 97.8 Å². The number of carbonyl (C=O) groups excluding carboxylic acids is 1. The first-order valence-electron chi connectivity index (χ1n) is 10.9. The van der Waals surface area contributed by atoms with E-state index in [0.717, 1.165) is 6.42 Å². The predicted octanol–water partition coefficient (Wildman–Crippen LogP) is 7.45. The molecule has 0 saturated carbocycles. The second kappa shape index (κ2) is 18.8. The van der Waals surface area contributed by atoms with Crippen molar-refractivity contribution in [2.75, 3.05) is 6.61 Å². The fourth-order valence-corrected chi connectivity index (χ4v) is 3.17. The van der Waals surface area contributed by atoms with Gasteiger partial charge in [0.15, 0.2) is 0 Å². The van der Waals surface area contributed by atoms with Crippen LogP contribution < -0.4 is 0 Å². The fourth-order valence-electron chi connectivity index (χ4n) is 3.17. The van der Waals surface area contributed by atoms with Crippen molar-refractivity contribution in [2.45, 2.75) is 124 Å². The molecule has 0 aromatic rings. The minimum atomic E-state index is 0.0240. The summed E-state index contributed by atoms with van der Waals surface area (Å²) in [6.07, 6.45) is 19.6. The summed E-state index contributed by atoms with van der Waals surface area (Å²) in [5, 5.41) is 0. The summed E-state index contributed by atoms with van der Waals surface area (Å²) in [5.74, 6) is 0.608. The van der Waals surface area contributed by atoms with Crippen LogP contribution in [0.25, 0.3) is 0 Å². The highest BCUT2D eigenvalue weighted by Crippen LogP contribution is 2.19. The van der Waals surface area contributed by atoms with E-state index in [2.05, 4.69) is 20.8 Å². The van der Waals surface area contributed by atoms with Crippen LogP contribution in [0.1, 0.15) is 124 Å². The van der Waals surface area contributed by atoms with Gasteiger partial charge in [-0.05, 0) is 25.2 Å². The van der Waals surface area contributed by atoms with Crippen LogP contribution in [0.2, 0.25) is 0 Å². The van der Waals surface area contributed by atoms with Gasteiger partial charge in [0.2, 0.25) is 0 Å². The van der Waals surface area contributed by atoms with Crippen LogP contribution in [-0.4, -0.2) is 12.6 Å². The molecule has 0 bridgehead atoms. The third-order valence-electron chi connectivity index (χ3n) is 4.90. The third-order valence-corrected chi connectivity index (χ3v) is 4.90. The molecule has 2 heteroatoms. The molecule has 0 aliphatic carbocycles. The minimum Gasteiger partial charge on any atom is -0.465 e. The molecule has 0 fully saturated rings. The lowest BCUT2D eigenvalue weighted by molar-refractivity contribution is -0.145. The largest absolute Gasteiger partial charge is 0.465 e. The molecule has 2 nitrogen and oxygen atoms in total. The Morgan fingerprint density at radius 1 is 0.667 bits per heavy atom. The highest BCUT2D eigenvalue weighted by atomic mass is 16.5. The molecule has 0 radical (unpaired) electrons. The highest BCUT2D eigenvalue weighted by Gasteiger charge is 2.11. The van der Waals surface area contributed by atoms with Crippen molar-refractivity contribution in [3.8, 4) is 0 Å². The molecule has 24 heavy (non-hydrogen) atoms. The van der Waals surface area contributed by atoms with Gasteiger partial charge in [0.25, 0.3) is 0 Å². The SMILES string of the molecule is CCCCCCCCC(CCCC)COC(=O)CCCCCCC. The minimum absolute atomic E-state index is 0.0240. The van der Waals surface area contributed by atoms with Crippen LogP contribution in [0.5, 0.6) is 0 Å².